The van der Waals surface area contributed by atoms with Crippen LogP contribution in [0.25, 0.3) is 11.1 Å². The molecule has 1 saturated heterocycles. The third-order valence-electron chi connectivity index (χ3n) is 4.81. The van der Waals surface area contributed by atoms with Gasteiger partial charge in [0.15, 0.2) is 5.13 Å². The minimum atomic E-state index is -0.0236. The molecule has 4 nitrogen and oxygen atoms in total. The highest BCUT2D eigenvalue weighted by Gasteiger charge is 2.14. The van der Waals surface area contributed by atoms with Crippen molar-refractivity contribution in [3.8, 4) is 11.1 Å². The van der Waals surface area contributed by atoms with Crippen molar-refractivity contribution in [2.45, 2.75) is 25.8 Å². The van der Waals surface area contributed by atoms with E-state index < -0.39 is 0 Å². The van der Waals surface area contributed by atoms with Crippen molar-refractivity contribution in [3.63, 3.8) is 0 Å². The van der Waals surface area contributed by atoms with Crippen LogP contribution in [-0.4, -0.2) is 28.9 Å². The molecule has 1 amide bonds. The van der Waals surface area contributed by atoms with Crippen LogP contribution in [0.15, 0.2) is 60.0 Å². The molecule has 0 spiro atoms. The molecule has 2 aromatic carbocycles. The highest BCUT2D eigenvalue weighted by atomic mass is 32.1. The summed E-state index contributed by atoms with van der Waals surface area (Å²) in [5.74, 6) is -0.0236. The molecule has 5 heteroatoms. The fourth-order valence-electron chi connectivity index (χ4n) is 3.40. The topological polar surface area (TPSA) is 45.2 Å². The zero-order valence-electron chi connectivity index (χ0n) is 15.2. The first-order valence-electron chi connectivity index (χ1n) is 9.37. The van der Waals surface area contributed by atoms with Gasteiger partial charge in [-0.1, -0.05) is 54.6 Å². The number of nitrogens with one attached hydrogen (secondary N) is 1. The molecule has 0 bridgehead atoms. The lowest BCUT2D eigenvalue weighted by Crippen LogP contribution is -2.18. The van der Waals surface area contributed by atoms with Crippen LogP contribution in [0.2, 0.25) is 0 Å². The second-order valence-electron chi connectivity index (χ2n) is 6.92. The van der Waals surface area contributed by atoms with Crippen LogP contribution < -0.4 is 5.32 Å². The van der Waals surface area contributed by atoms with Gasteiger partial charge in [0.1, 0.15) is 0 Å². The van der Waals surface area contributed by atoms with E-state index in [0.29, 0.717) is 11.6 Å². The van der Waals surface area contributed by atoms with Crippen LogP contribution >= 0.6 is 11.3 Å². The summed E-state index contributed by atoms with van der Waals surface area (Å²) in [6.07, 6.45) is 2.91. The average molecular weight is 378 g/mol. The third kappa shape index (κ3) is 4.81. The Morgan fingerprint density at radius 2 is 1.70 bits per heavy atom. The van der Waals surface area contributed by atoms with Crippen LogP contribution in [-0.2, 0) is 17.8 Å². The minimum absolute atomic E-state index is 0.0236. The first-order valence-corrected chi connectivity index (χ1v) is 10.3. The standard InChI is InChI=1S/C22H23N3OS/c26-21(24-22-23-20(16-27-22)15-25-12-4-5-13-25)14-17-8-10-19(11-9-17)18-6-2-1-3-7-18/h1-3,6-11,16H,4-5,12-15H2,(H,23,24,26). The number of hydrogen-bond donors (Lipinski definition) is 1. The summed E-state index contributed by atoms with van der Waals surface area (Å²) in [5, 5.41) is 5.67. The summed E-state index contributed by atoms with van der Waals surface area (Å²) in [7, 11) is 0. The van der Waals surface area contributed by atoms with Crippen LogP contribution in [0.3, 0.4) is 0 Å². The van der Waals surface area contributed by atoms with E-state index in [2.05, 4.69) is 39.5 Å². The Morgan fingerprint density at radius 1 is 1.00 bits per heavy atom. The molecule has 1 aromatic heterocycles. The molecule has 138 valence electrons. The molecular weight excluding hydrogens is 354 g/mol. The summed E-state index contributed by atoms with van der Waals surface area (Å²) in [5.41, 5.74) is 4.39. The molecule has 27 heavy (non-hydrogen) atoms. The van der Waals surface area contributed by atoms with Crippen molar-refractivity contribution < 1.29 is 4.79 Å². The van der Waals surface area contributed by atoms with Gasteiger partial charge in [-0.2, -0.15) is 0 Å². The number of carbonyl (C=O) groups excluding carboxylic acids is 1. The van der Waals surface area contributed by atoms with Gasteiger partial charge < -0.3 is 5.32 Å². The number of thiazole rings is 1. The number of nitrogens with zero attached hydrogens (tertiary/aromatic N) is 2. The smallest absolute Gasteiger partial charge is 0.230 e. The van der Waals surface area contributed by atoms with Crippen LogP contribution in [0.5, 0.6) is 0 Å². The molecule has 1 aliphatic heterocycles. The zero-order chi connectivity index (χ0) is 18.5. The van der Waals surface area contributed by atoms with Gasteiger partial charge in [0.05, 0.1) is 12.1 Å². The molecule has 1 aliphatic rings. The maximum absolute atomic E-state index is 12.3. The maximum atomic E-state index is 12.3. The van der Waals surface area contributed by atoms with E-state index in [-0.39, 0.29) is 5.91 Å². The lowest BCUT2D eigenvalue weighted by Gasteiger charge is -2.11. The number of rotatable bonds is 6. The minimum Gasteiger partial charge on any atom is -0.302 e. The van der Waals surface area contributed by atoms with Crippen molar-refractivity contribution in [3.05, 3.63) is 71.2 Å². The molecule has 1 fully saturated rings. The highest BCUT2D eigenvalue weighted by molar-refractivity contribution is 7.13. The van der Waals surface area contributed by atoms with Crippen molar-refractivity contribution in [2.75, 3.05) is 18.4 Å². The number of carbonyl (C=O) groups is 1. The molecule has 0 saturated carbocycles. The average Bonchev–Trinajstić information content (AvgIpc) is 3.36. The van der Waals surface area contributed by atoms with Crippen molar-refractivity contribution >= 4 is 22.4 Å². The fourth-order valence-corrected chi connectivity index (χ4v) is 4.12. The third-order valence-corrected chi connectivity index (χ3v) is 5.61. The second-order valence-corrected chi connectivity index (χ2v) is 7.77. The van der Waals surface area contributed by atoms with Gasteiger partial charge in [-0.3, -0.25) is 9.69 Å². The number of hydrogen-bond acceptors (Lipinski definition) is 4. The molecule has 1 N–H and O–H groups in total. The lowest BCUT2D eigenvalue weighted by atomic mass is 10.0. The van der Waals surface area contributed by atoms with Gasteiger partial charge in [0.25, 0.3) is 0 Å². The maximum Gasteiger partial charge on any atom is 0.230 e. The number of anilines is 1. The first kappa shape index (κ1) is 17.9. The molecule has 0 atom stereocenters. The summed E-state index contributed by atoms with van der Waals surface area (Å²) in [6.45, 7) is 3.18. The highest BCUT2D eigenvalue weighted by Crippen LogP contribution is 2.21. The molecule has 2 heterocycles. The Balaban J connectivity index is 1.32. The molecule has 0 radical (unpaired) electrons. The molecule has 3 aromatic rings. The van der Waals surface area contributed by atoms with Crippen LogP contribution in [0.1, 0.15) is 24.1 Å². The predicted octanol–water partition coefficient (Wildman–Crippen LogP) is 4.59. The fraction of sp³-hybridized carbons (Fsp3) is 0.273. The number of amides is 1. The van der Waals surface area contributed by atoms with Crippen LogP contribution in [0, 0.1) is 0 Å². The second kappa shape index (κ2) is 8.46. The van der Waals surface area contributed by atoms with Gasteiger partial charge in [-0.05, 0) is 42.6 Å². The Bertz CT molecular complexity index is 883. The molecule has 0 aliphatic carbocycles. The molecular formula is C22H23N3OS. The van der Waals surface area contributed by atoms with E-state index in [1.807, 2.05) is 35.7 Å². The number of benzene rings is 2. The van der Waals surface area contributed by atoms with Crippen molar-refractivity contribution in [1.82, 2.24) is 9.88 Å². The van der Waals surface area contributed by atoms with Gasteiger partial charge in [-0.25, -0.2) is 4.98 Å². The predicted molar refractivity (Wildman–Crippen MR) is 111 cm³/mol. The van der Waals surface area contributed by atoms with Gasteiger partial charge in [0.2, 0.25) is 5.91 Å². The SMILES string of the molecule is O=C(Cc1ccc(-c2ccccc2)cc1)Nc1nc(CN2CCCC2)cs1. The summed E-state index contributed by atoms with van der Waals surface area (Å²) in [6, 6.07) is 18.4. The first-order chi connectivity index (χ1) is 13.3. The van der Waals surface area contributed by atoms with Crippen molar-refractivity contribution in [1.29, 1.82) is 0 Å². The molecule has 4 rings (SSSR count). The van der Waals surface area contributed by atoms with Gasteiger partial charge in [-0.15, -0.1) is 11.3 Å². The van der Waals surface area contributed by atoms with E-state index in [4.69, 9.17) is 0 Å². The Kier molecular flexibility index (Phi) is 5.61. The zero-order valence-corrected chi connectivity index (χ0v) is 16.0. The largest absolute Gasteiger partial charge is 0.302 e. The van der Waals surface area contributed by atoms with E-state index in [1.54, 1.807) is 0 Å². The Labute approximate surface area is 163 Å². The Hall–Kier alpha value is -2.50. The summed E-state index contributed by atoms with van der Waals surface area (Å²) >= 11 is 1.50. The van der Waals surface area contributed by atoms with Gasteiger partial charge >= 0.3 is 0 Å². The van der Waals surface area contributed by atoms with E-state index in [0.717, 1.165) is 36.5 Å². The number of likely N-dealkylation sites (tertiary alicyclic amines) is 1. The number of aromatic nitrogens is 1. The quantitative estimate of drug-likeness (QED) is 0.683. The summed E-state index contributed by atoms with van der Waals surface area (Å²) in [4.78, 5) is 19.3. The molecule has 0 unspecified atom stereocenters. The van der Waals surface area contributed by atoms with Gasteiger partial charge in [0, 0.05) is 11.9 Å². The van der Waals surface area contributed by atoms with Crippen molar-refractivity contribution in [2.24, 2.45) is 0 Å². The van der Waals surface area contributed by atoms with E-state index in [9.17, 15) is 4.79 Å². The Morgan fingerprint density at radius 3 is 2.44 bits per heavy atom. The monoisotopic (exact) mass is 377 g/mol. The lowest BCUT2D eigenvalue weighted by molar-refractivity contribution is -0.115. The van der Waals surface area contributed by atoms with Crippen LogP contribution in [0.4, 0.5) is 5.13 Å². The normalized spacial score (nSPS) is 14.4. The van der Waals surface area contributed by atoms with E-state index >= 15 is 0 Å². The summed E-state index contributed by atoms with van der Waals surface area (Å²) < 4.78 is 0. The van der Waals surface area contributed by atoms with E-state index in [1.165, 1.54) is 29.7 Å².